The first-order chi connectivity index (χ1) is 14.3. The second-order valence-corrected chi connectivity index (χ2v) is 9.01. The van der Waals surface area contributed by atoms with Crippen molar-refractivity contribution in [1.82, 2.24) is 24.8 Å². The van der Waals surface area contributed by atoms with Crippen molar-refractivity contribution >= 4 is 33.5 Å². The van der Waals surface area contributed by atoms with Crippen LogP contribution < -0.4 is 5.32 Å². The number of fused-ring (bicyclic) bond motifs is 3. The smallest absolute Gasteiger partial charge is 0.327 e. The Kier molecular flexibility index (Phi) is 4.91. The fourth-order valence-electron chi connectivity index (χ4n) is 5.21. The number of nitrogens with one attached hydrogen (secondary N) is 1. The van der Waals surface area contributed by atoms with Gasteiger partial charge in [-0.3, -0.25) is 4.90 Å². The van der Waals surface area contributed by atoms with Crippen molar-refractivity contribution in [2.45, 2.75) is 38.5 Å². The Morgan fingerprint density at radius 2 is 2.07 bits per heavy atom. The Balaban J connectivity index is 1.51. The fraction of sp³-hybridized carbons (Fsp3) is 0.524. The molecule has 0 amide bonds. The Morgan fingerprint density at radius 3 is 2.83 bits per heavy atom. The number of likely N-dealkylation sites (tertiary alicyclic amines) is 1. The number of benzene rings is 1. The number of rotatable bonds is 3. The van der Waals surface area contributed by atoms with E-state index < -0.39 is 12.7 Å². The van der Waals surface area contributed by atoms with E-state index in [2.05, 4.69) is 20.2 Å². The number of nitrogens with zero attached hydrogens (tertiary/aromatic N) is 4. The maximum absolute atomic E-state index is 13.2. The van der Waals surface area contributed by atoms with Gasteiger partial charge in [0.15, 0.2) is 5.15 Å². The monoisotopic (exact) mass is 437 g/mol. The molecule has 3 aromatic rings. The van der Waals surface area contributed by atoms with Gasteiger partial charge in [-0.2, -0.15) is 13.2 Å². The first-order valence-corrected chi connectivity index (χ1v) is 10.6. The molecule has 1 aromatic carbocycles. The normalized spacial score (nSPS) is 23.2. The highest BCUT2D eigenvalue weighted by atomic mass is 35.5. The van der Waals surface area contributed by atoms with Gasteiger partial charge in [0.1, 0.15) is 23.9 Å². The molecule has 5 rings (SSSR count). The van der Waals surface area contributed by atoms with Crippen molar-refractivity contribution < 1.29 is 13.2 Å². The van der Waals surface area contributed by atoms with Gasteiger partial charge in [0.05, 0.1) is 5.52 Å². The van der Waals surface area contributed by atoms with E-state index in [1.54, 1.807) is 6.07 Å². The molecule has 2 aliphatic rings. The van der Waals surface area contributed by atoms with Crippen molar-refractivity contribution in [3.63, 3.8) is 0 Å². The Bertz CT molecular complexity index is 1090. The molecule has 0 radical (unpaired) electrons. The van der Waals surface area contributed by atoms with Crippen molar-refractivity contribution in [3.05, 3.63) is 35.2 Å². The van der Waals surface area contributed by atoms with E-state index in [9.17, 15) is 13.2 Å². The van der Waals surface area contributed by atoms with E-state index in [0.717, 1.165) is 38.3 Å². The Morgan fingerprint density at radius 1 is 1.20 bits per heavy atom. The van der Waals surface area contributed by atoms with E-state index in [0.29, 0.717) is 21.8 Å². The average Bonchev–Trinajstić information content (AvgIpc) is 3.25. The lowest BCUT2D eigenvalue weighted by atomic mass is 9.79. The summed E-state index contributed by atoms with van der Waals surface area (Å²) in [6.07, 6.45) is 0.584. The summed E-state index contributed by atoms with van der Waals surface area (Å²) in [6.45, 7) is 3.91. The molecule has 0 aliphatic carbocycles. The lowest BCUT2D eigenvalue weighted by Crippen LogP contribution is -2.43. The topological polar surface area (TPSA) is 46.0 Å². The van der Waals surface area contributed by atoms with Crippen LogP contribution in [0.3, 0.4) is 0 Å². The average molecular weight is 438 g/mol. The molecular weight excluding hydrogens is 415 g/mol. The molecule has 2 saturated heterocycles. The van der Waals surface area contributed by atoms with Gasteiger partial charge in [0.2, 0.25) is 0 Å². The molecule has 0 saturated carbocycles. The minimum atomic E-state index is -4.37. The summed E-state index contributed by atoms with van der Waals surface area (Å²) in [6, 6.07) is 5.64. The molecule has 1 N–H and O–H groups in total. The zero-order valence-corrected chi connectivity index (χ0v) is 17.2. The third-order valence-electron chi connectivity index (χ3n) is 6.47. The zero-order chi connectivity index (χ0) is 20.9. The molecule has 1 atom stereocenters. The van der Waals surface area contributed by atoms with Crippen LogP contribution in [0.5, 0.6) is 0 Å². The van der Waals surface area contributed by atoms with Crippen LogP contribution in [0.1, 0.15) is 24.8 Å². The van der Waals surface area contributed by atoms with E-state index in [1.807, 2.05) is 12.1 Å². The first-order valence-electron chi connectivity index (χ1n) is 10.2. The van der Waals surface area contributed by atoms with Gasteiger partial charge in [-0.1, -0.05) is 17.7 Å². The third kappa shape index (κ3) is 3.65. The zero-order valence-electron chi connectivity index (χ0n) is 16.5. The van der Waals surface area contributed by atoms with Crippen molar-refractivity contribution in [3.8, 4) is 0 Å². The number of piperidine rings is 1. The van der Waals surface area contributed by atoms with Gasteiger partial charge in [-0.05, 0) is 55.5 Å². The summed E-state index contributed by atoms with van der Waals surface area (Å²) in [5.41, 5.74) is 2.62. The van der Waals surface area contributed by atoms with Crippen molar-refractivity contribution in [2.75, 3.05) is 26.2 Å². The van der Waals surface area contributed by atoms with Crippen LogP contribution in [0.4, 0.5) is 13.2 Å². The van der Waals surface area contributed by atoms with Gasteiger partial charge in [0.25, 0.3) is 0 Å². The van der Waals surface area contributed by atoms with Crippen LogP contribution in [0.2, 0.25) is 5.15 Å². The van der Waals surface area contributed by atoms with Crippen LogP contribution >= 0.6 is 11.6 Å². The van der Waals surface area contributed by atoms with E-state index >= 15 is 0 Å². The summed E-state index contributed by atoms with van der Waals surface area (Å²) in [4.78, 5) is 10.6. The molecule has 2 fully saturated rings. The van der Waals surface area contributed by atoms with Crippen LogP contribution in [0.15, 0.2) is 24.5 Å². The van der Waals surface area contributed by atoms with Crippen LogP contribution in [-0.2, 0) is 13.1 Å². The molecule has 0 bridgehead atoms. The summed E-state index contributed by atoms with van der Waals surface area (Å²) in [7, 11) is 0. The van der Waals surface area contributed by atoms with E-state index in [4.69, 9.17) is 11.6 Å². The minimum absolute atomic E-state index is 0.0358. The second kappa shape index (κ2) is 7.35. The molecule has 1 unspecified atom stereocenters. The van der Waals surface area contributed by atoms with Gasteiger partial charge in [0, 0.05) is 25.0 Å². The van der Waals surface area contributed by atoms with E-state index in [-0.39, 0.29) is 10.7 Å². The Labute approximate surface area is 177 Å². The molecular formula is C21H23ClF3N5. The highest BCUT2D eigenvalue weighted by Gasteiger charge is 2.37. The molecule has 5 nitrogen and oxygen atoms in total. The second-order valence-electron chi connectivity index (χ2n) is 8.66. The Hall–Kier alpha value is -1.90. The van der Waals surface area contributed by atoms with Gasteiger partial charge in [-0.25, -0.2) is 9.97 Å². The molecule has 30 heavy (non-hydrogen) atoms. The molecule has 9 heteroatoms. The summed E-state index contributed by atoms with van der Waals surface area (Å²) < 4.78 is 40.8. The van der Waals surface area contributed by atoms with Crippen LogP contribution in [0, 0.1) is 5.41 Å². The molecule has 1 spiro atoms. The number of halogens is 4. The number of aromatic nitrogens is 3. The van der Waals surface area contributed by atoms with Gasteiger partial charge >= 0.3 is 6.18 Å². The summed E-state index contributed by atoms with van der Waals surface area (Å²) in [5, 5.41) is 4.21. The third-order valence-corrected chi connectivity index (χ3v) is 6.75. The summed E-state index contributed by atoms with van der Waals surface area (Å²) in [5.74, 6) is 0. The maximum Gasteiger partial charge on any atom is 0.406 e. The van der Waals surface area contributed by atoms with Gasteiger partial charge in [-0.15, -0.1) is 0 Å². The maximum atomic E-state index is 13.2. The highest BCUT2D eigenvalue weighted by Crippen LogP contribution is 2.37. The number of hydrogen-bond donors (Lipinski definition) is 1. The van der Waals surface area contributed by atoms with Crippen LogP contribution in [-0.4, -0.2) is 51.8 Å². The minimum Gasteiger partial charge on any atom is -0.327 e. The number of hydrogen-bond acceptors (Lipinski definition) is 4. The predicted molar refractivity (Wildman–Crippen MR) is 111 cm³/mol. The van der Waals surface area contributed by atoms with Crippen molar-refractivity contribution in [1.29, 1.82) is 0 Å². The van der Waals surface area contributed by atoms with Crippen molar-refractivity contribution in [2.24, 2.45) is 5.41 Å². The van der Waals surface area contributed by atoms with E-state index in [1.165, 1.54) is 30.2 Å². The lowest BCUT2D eigenvalue weighted by Gasteiger charge is -2.40. The SMILES string of the molecule is FC(F)(F)Cn1c2ccc(CN3CCCC4(CCNC4)C3)cc2c2ncnc(Cl)c21. The van der Waals surface area contributed by atoms with Crippen LogP contribution in [0.25, 0.3) is 21.9 Å². The quantitative estimate of drug-likeness (QED) is 0.618. The standard InChI is InChI=1S/C21H23ClF3N5/c22-19-18-17(27-13-28-19)15-8-14(2-3-16(15)30(18)12-21(23,24)25)9-29-7-1-4-20(11-29)5-6-26-10-20/h2-3,8,13,26H,1,4-7,9-12H2. The first kappa shape index (κ1) is 20.0. The summed E-state index contributed by atoms with van der Waals surface area (Å²) >= 11 is 6.17. The predicted octanol–water partition coefficient (Wildman–Crippen LogP) is 4.38. The van der Waals surface area contributed by atoms with Gasteiger partial charge < -0.3 is 9.88 Å². The largest absolute Gasteiger partial charge is 0.406 e. The fourth-order valence-corrected chi connectivity index (χ4v) is 5.45. The number of alkyl halides is 3. The lowest BCUT2D eigenvalue weighted by molar-refractivity contribution is -0.139. The highest BCUT2D eigenvalue weighted by molar-refractivity contribution is 6.34. The molecule has 4 heterocycles. The molecule has 160 valence electrons. The molecule has 2 aliphatic heterocycles. The molecule has 2 aromatic heterocycles.